The molecule has 2 amide bonds. The summed E-state index contributed by atoms with van der Waals surface area (Å²) in [4.78, 5) is 23.6. The van der Waals surface area contributed by atoms with Gasteiger partial charge in [-0.1, -0.05) is 23.7 Å². The van der Waals surface area contributed by atoms with Crippen LogP contribution in [0.25, 0.3) is 0 Å². The highest BCUT2D eigenvalue weighted by Crippen LogP contribution is 2.15. The Labute approximate surface area is 132 Å². The van der Waals surface area contributed by atoms with Crippen LogP contribution in [0.3, 0.4) is 0 Å². The van der Waals surface area contributed by atoms with Gasteiger partial charge >= 0.3 is 0 Å². The Morgan fingerprint density at radius 2 is 1.59 bits per heavy atom. The summed E-state index contributed by atoms with van der Waals surface area (Å²) in [6.07, 6.45) is -0.330. The number of nitrogens with one attached hydrogen (secondary N) is 2. The summed E-state index contributed by atoms with van der Waals surface area (Å²) in [5.41, 5.74) is 1.43. The van der Waals surface area contributed by atoms with Crippen LogP contribution in [0.15, 0.2) is 48.5 Å². The molecule has 0 aliphatic heterocycles. The summed E-state index contributed by atoms with van der Waals surface area (Å²) in [6.45, 7) is 0. The molecule has 2 rings (SSSR count). The first-order valence-electron chi connectivity index (χ1n) is 6.42. The fourth-order valence-electron chi connectivity index (χ4n) is 1.79. The number of amides is 2. The molecule has 0 spiro atoms. The Hall–Kier alpha value is -2.84. The van der Waals surface area contributed by atoms with Crippen LogP contribution in [-0.4, -0.2) is 11.8 Å². The lowest BCUT2D eigenvalue weighted by Crippen LogP contribution is -2.21. The SMILES string of the molecule is N#Cc1cccc(NC(=O)CC(=O)Nc2cccc(Cl)c2)c1. The van der Waals surface area contributed by atoms with Gasteiger partial charge in [0.25, 0.3) is 0 Å². The van der Waals surface area contributed by atoms with Gasteiger partial charge in [0.1, 0.15) is 6.42 Å². The van der Waals surface area contributed by atoms with Gasteiger partial charge < -0.3 is 10.6 Å². The minimum atomic E-state index is -0.463. The molecule has 0 heterocycles. The lowest BCUT2D eigenvalue weighted by atomic mass is 10.2. The average molecular weight is 314 g/mol. The van der Waals surface area contributed by atoms with E-state index >= 15 is 0 Å². The topological polar surface area (TPSA) is 82.0 Å². The van der Waals surface area contributed by atoms with Crippen LogP contribution < -0.4 is 10.6 Å². The van der Waals surface area contributed by atoms with Gasteiger partial charge in [-0.3, -0.25) is 9.59 Å². The number of nitrogens with zero attached hydrogens (tertiary/aromatic N) is 1. The molecular formula is C16H12ClN3O2. The van der Waals surface area contributed by atoms with E-state index in [1.54, 1.807) is 42.5 Å². The minimum Gasteiger partial charge on any atom is -0.326 e. The van der Waals surface area contributed by atoms with E-state index in [9.17, 15) is 9.59 Å². The van der Waals surface area contributed by atoms with Gasteiger partial charge in [0.15, 0.2) is 0 Å². The van der Waals surface area contributed by atoms with Crippen LogP contribution >= 0.6 is 11.6 Å². The fraction of sp³-hybridized carbons (Fsp3) is 0.0625. The number of hydrogen-bond donors (Lipinski definition) is 2. The van der Waals surface area contributed by atoms with Crippen LogP contribution in [0.1, 0.15) is 12.0 Å². The van der Waals surface area contributed by atoms with Crippen molar-refractivity contribution < 1.29 is 9.59 Å². The van der Waals surface area contributed by atoms with E-state index in [2.05, 4.69) is 10.6 Å². The van der Waals surface area contributed by atoms with Crippen LogP contribution in [0, 0.1) is 11.3 Å². The molecule has 0 radical (unpaired) electrons. The smallest absolute Gasteiger partial charge is 0.233 e. The Kier molecular flexibility index (Phi) is 5.12. The van der Waals surface area contributed by atoms with E-state index in [-0.39, 0.29) is 6.42 Å². The number of benzene rings is 2. The van der Waals surface area contributed by atoms with Crippen LogP contribution in [-0.2, 0) is 9.59 Å². The van der Waals surface area contributed by atoms with Crippen molar-refractivity contribution >= 4 is 34.8 Å². The maximum absolute atomic E-state index is 11.8. The predicted octanol–water partition coefficient (Wildman–Crippen LogP) is 3.18. The molecular weight excluding hydrogens is 302 g/mol. The normalized spacial score (nSPS) is 9.64. The Bertz CT molecular complexity index is 753. The highest BCUT2D eigenvalue weighted by atomic mass is 35.5. The maximum atomic E-state index is 11.8. The Morgan fingerprint density at radius 3 is 2.18 bits per heavy atom. The number of carbonyl (C=O) groups is 2. The van der Waals surface area contributed by atoms with Crippen molar-refractivity contribution in [2.75, 3.05) is 10.6 Å². The zero-order chi connectivity index (χ0) is 15.9. The van der Waals surface area contributed by atoms with E-state index in [1.165, 1.54) is 6.07 Å². The van der Waals surface area contributed by atoms with Crippen molar-refractivity contribution in [1.82, 2.24) is 0 Å². The molecule has 6 heteroatoms. The number of hydrogen-bond acceptors (Lipinski definition) is 3. The molecule has 0 saturated carbocycles. The zero-order valence-corrected chi connectivity index (χ0v) is 12.2. The van der Waals surface area contributed by atoms with Gasteiger partial charge in [-0.15, -0.1) is 0 Å². The third-order valence-corrected chi connectivity index (χ3v) is 2.94. The molecule has 22 heavy (non-hydrogen) atoms. The van der Waals surface area contributed by atoms with E-state index < -0.39 is 11.8 Å². The minimum absolute atomic E-state index is 0.330. The molecule has 0 aromatic heterocycles. The predicted molar refractivity (Wildman–Crippen MR) is 84.5 cm³/mol. The third-order valence-electron chi connectivity index (χ3n) is 2.70. The van der Waals surface area contributed by atoms with Crippen molar-refractivity contribution in [3.05, 3.63) is 59.1 Å². The Balaban J connectivity index is 1.91. The van der Waals surface area contributed by atoms with E-state index in [1.807, 2.05) is 6.07 Å². The van der Waals surface area contributed by atoms with Crippen molar-refractivity contribution in [3.8, 4) is 6.07 Å². The number of anilines is 2. The third kappa shape index (κ3) is 4.62. The summed E-state index contributed by atoms with van der Waals surface area (Å²) in [7, 11) is 0. The molecule has 2 aromatic rings. The second-order valence-corrected chi connectivity index (χ2v) is 4.91. The molecule has 2 N–H and O–H groups in total. The average Bonchev–Trinajstić information content (AvgIpc) is 2.47. The summed E-state index contributed by atoms with van der Waals surface area (Å²) in [5, 5.41) is 14.4. The highest BCUT2D eigenvalue weighted by Gasteiger charge is 2.10. The first-order valence-corrected chi connectivity index (χ1v) is 6.80. The summed E-state index contributed by atoms with van der Waals surface area (Å²) >= 11 is 5.81. The van der Waals surface area contributed by atoms with Crippen molar-refractivity contribution in [1.29, 1.82) is 5.26 Å². The number of nitriles is 1. The van der Waals surface area contributed by atoms with Gasteiger partial charge in [-0.05, 0) is 36.4 Å². The van der Waals surface area contributed by atoms with Crippen molar-refractivity contribution in [2.24, 2.45) is 0 Å². The van der Waals surface area contributed by atoms with Crippen LogP contribution in [0.2, 0.25) is 5.02 Å². The highest BCUT2D eigenvalue weighted by molar-refractivity contribution is 6.30. The summed E-state index contributed by atoms with van der Waals surface area (Å²) in [6, 6.07) is 15.1. The number of halogens is 1. The maximum Gasteiger partial charge on any atom is 0.233 e. The lowest BCUT2D eigenvalue weighted by molar-refractivity contribution is -0.123. The van der Waals surface area contributed by atoms with Gasteiger partial charge in [0, 0.05) is 16.4 Å². The van der Waals surface area contributed by atoms with Gasteiger partial charge in [-0.2, -0.15) is 5.26 Å². The van der Waals surface area contributed by atoms with E-state index in [0.29, 0.717) is 22.0 Å². The molecule has 110 valence electrons. The van der Waals surface area contributed by atoms with Gasteiger partial charge in [-0.25, -0.2) is 0 Å². The largest absolute Gasteiger partial charge is 0.326 e. The molecule has 0 fully saturated rings. The molecule has 0 saturated heterocycles. The first kappa shape index (κ1) is 15.5. The van der Waals surface area contributed by atoms with Crippen molar-refractivity contribution in [2.45, 2.75) is 6.42 Å². The zero-order valence-electron chi connectivity index (χ0n) is 11.5. The molecule has 0 bridgehead atoms. The number of rotatable bonds is 4. The monoisotopic (exact) mass is 313 g/mol. The van der Waals surface area contributed by atoms with E-state index in [4.69, 9.17) is 16.9 Å². The van der Waals surface area contributed by atoms with Gasteiger partial charge in [0.2, 0.25) is 11.8 Å². The quantitative estimate of drug-likeness (QED) is 0.850. The lowest BCUT2D eigenvalue weighted by Gasteiger charge is -2.07. The number of carbonyl (C=O) groups excluding carboxylic acids is 2. The van der Waals surface area contributed by atoms with Crippen LogP contribution in [0.5, 0.6) is 0 Å². The summed E-state index contributed by atoms with van der Waals surface area (Å²) < 4.78 is 0. The second kappa shape index (κ2) is 7.25. The molecule has 0 atom stereocenters. The van der Waals surface area contributed by atoms with E-state index in [0.717, 1.165) is 0 Å². The fourth-order valence-corrected chi connectivity index (χ4v) is 1.98. The standard InChI is InChI=1S/C16H12ClN3O2/c17-12-4-2-6-14(8-12)20-16(22)9-15(21)19-13-5-1-3-11(7-13)10-18/h1-8H,9H2,(H,19,21)(H,20,22). The Morgan fingerprint density at radius 1 is 1.00 bits per heavy atom. The molecule has 5 nitrogen and oxygen atoms in total. The molecule has 0 aliphatic rings. The van der Waals surface area contributed by atoms with Gasteiger partial charge in [0.05, 0.1) is 11.6 Å². The summed E-state index contributed by atoms with van der Waals surface area (Å²) in [5.74, 6) is -0.911. The molecule has 2 aromatic carbocycles. The second-order valence-electron chi connectivity index (χ2n) is 4.48. The van der Waals surface area contributed by atoms with Crippen molar-refractivity contribution in [3.63, 3.8) is 0 Å². The first-order chi connectivity index (χ1) is 10.6. The molecule has 0 aliphatic carbocycles. The molecule has 0 unspecified atom stereocenters. The van der Waals surface area contributed by atoms with Crippen LogP contribution in [0.4, 0.5) is 11.4 Å².